The predicted molar refractivity (Wildman–Crippen MR) is 80.2 cm³/mol. The van der Waals surface area contributed by atoms with E-state index in [2.05, 4.69) is 20.3 Å². The van der Waals surface area contributed by atoms with Gasteiger partial charge in [-0.1, -0.05) is 11.6 Å². The summed E-state index contributed by atoms with van der Waals surface area (Å²) >= 11 is 5.84. The van der Waals surface area contributed by atoms with Gasteiger partial charge in [0.25, 0.3) is 0 Å². The number of imidazole rings is 1. The summed E-state index contributed by atoms with van der Waals surface area (Å²) in [5.74, 6) is 2.00. The molecule has 0 aromatic carbocycles. The Kier molecular flexibility index (Phi) is 4.36. The second-order valence-electron chi connectivity index (χ2n) is 5.19. The van der Waals surface area contributed by atoms with Crippen molar-refractivity contribution in [1.82, 2.24) is 19.5 Å². The van der Waals surface area contributed by atoms with E-state index in [-0.39, 0.29) is 6.04 Å². The third kappa shape index (κ3) is 3.33. The highest BCUT2D eigenvalue weighted by atomic mass is 35.5. The maximum atomic E-state index is 5.84. The topological polar surface area (TPSA) is 64.9 Å². The van der Waals surface area contributed by atoms with Crippen LogP contribution in [0.25, 0.3) is 0 Å². The number of nitrogens with one attached hydrogen (secondary N) is 1. The second-order valence-corrected chi connectivity index (χ2v) is 5.63. The third-order valence-electron chi connectivity index (χ3n) is 3.78. The Labute approximate surface area is 128 Å². The van der Waals surface area contributed by atoms with Gasteiger partial charge in [0.05, 0.1) is 23.5 Å². The fraction of sp³-hybridized carbons (Fsp3) is 0.500. The zero-order valence-corrected chi connectivity index (χ0v) is 12.6. The minimum Gasteiger partial charge on any atom is -0.381 e. The molecule has 1 atom stereocenters. The molecule has 0 saturated carbocycles. The molecule has 1 aliphatic heterocycles. The van der Waals surface area contributed by atoms with Gasteiger partial charge < -0.3 is 14.6 Å². The number of rotatable bonds is 4. The summed E-state index contributed by atoms with van der Waals surface area (Å²) in [6.45, 7) is 1.57. The van der Waals surface area contributed by atoms with E-state index in [4.69, 9.17) is 16.3 Å². The molecule has 0 spiro atoms. The SMILES string of the molecule is Cn1ccnc1[C@H](Nc1ncc(Cl)cn1)C1CCOCC1. The predicted octanol–water partition coefficient (Wildman–Crippen LogP) is 2.44. The van der Waals surface area contributed by atoms with Crippen LogP contribution in [0.4, 0.5) is 5.95 Å². The van der Waals surface area contributed by atoms with Gasteiger partial charge in [-0.15, -0.1) is 0 Å². The van der Waals surface area contributed by atoms with Gasteiger partial charge >= 0.3 is 0 Å². The number of anilines is 1. The lowest BCUT2D eigenvalue weighted by Gasteiger charge is -2.30. The van der Waals surface area contributed by atoms with Gasteiger partial charge in [0.2, 0.25) is 5.95 Å². The number of nitrogens with zero attached hydrogens (tertiary/aromatic N) is 4. The van der Waals surface area contributed by atoms with Gasteiger partial charge in [-0.25, -0.2) is 15.0 Å². The lowest BCUT2D eigenvalue weighted by Crippen LogP contribution is -2.29. The molecule has 112 valence electrons. The monoisotopic (exact) mass is 307 g/mol. The third-order valence-corrected chi connectivity index (χ3v) is 3.97. The van der Waals surface area contributed by atoms with Crippen LogP contribution >= 0.6 is 11.6 Å². The molecule has 1 aliphatic rings. The number of halogens is 1. The first-order valence-electron chi connectivity index (χ1n) is 7.03. The number of hydrogen-bond acceptors (Lipinski definition) is 5. The Morgan fingerprint density at radius 3 is 2.62 bits per heavy atom. The maximum absolute atomic E-state index is 5.84. The molecule has 3 rings (SSSR count). The van der Waals surface area contributed by atoms with Gasteiger partial charge in [0.1, 0.15) is 5.82 Å². The van der Waals surface area contributed by atoms with Crippen LogP contribution in [0.5, 0.6) is 0 Å². The number of aryl methyl sites for hydroxylation is 1. The van der Waals surface area contributed by atoms with E-state index in [0.717, 1.165) is 31.9 Å². The summed E-state index contributed by atoms with van der Waals surface area (Å²) in [4.78, 5) is 12.9. The summed E-state index contributed by atoms with van der Waals surface area (Å²) in [5.41, 5.74) is 0. The van der Waals surface area contributed by atoms with E-state index in [0.29, 0.717) is 16.9 Å². The molecule has 2 aromatic heterocycles. The zero-order valence-electron chi connectivity index (χ0n) is 11.9. The molecule has 0 radical (unpaired) electrons. The zero-order chi connectivity index (χ0) is 14.7. The minimum atomic E-state index is 0.0649. The number of aromatic nitrogens is 4. The summed E-state index contributed by atoms with van der Waals surface area (Å²) in [6.07, 6.45) is 8.95. The summed E-state index contributed by atoms with van der Waals surface area (Å²) in [5, 5.41) is 3.93. The van der Waals surface area contributed by atoms with Crippen molar-refractivity contribution in [2.75, 3.05) is 18.5 Å². The van der Waals surface area contributed by atoms with Crippen molar-refractivity contribution in [2.45, 2.75) is 18.9 Å². The molecule has 0 unspecified atom stereocenters. The first-order chi connectivity index (χ1) is 10.2. The Hall–Kier alpha value is -1.66. The standard InChI is InChI=1S/C14H18ClN5O/c1-20-5-4-16-13(20)12(10-2-6-21-7-3-10)19-14-17-8-11(15)9-18-14/h4-5,8-10,12H,2-3,6-7H2,1H3,(H,17,18,19)/t12-/m1/s1. The number of ether oxygens (including phenoxy) is 1. The Morgan fingerprint density at radius 1 is 1.29 bits per heavy atom. The van der Waals surface area contributed by atoms with Crippen LogP contribution in [0.2, 0.25) is 5.02 Å². The molecule has 21 heavy (non-hydrogen) atoms. The normalized spacial score (nSPS) is 17.6. The van der Waals surface area contributed by atoms with Crippen LogP contribution < -0.4 is 5.32 Å². The smallest absolute Gasteiger partial charge is 0.223 e. The van der Waals surface area contributed by atoms with E-state index < -0.39 is 0 Å². The Balaban J connectivity index is 1.84. The van der Waals surface area contributed by atoms with Crippen molar-refractivity contribution in [3.8, 4) is 0 Å². The van der Waals surface area contributed by atoms with E-state index in [1.165, 1.54) is 0 Å². The molecule has 2 aromatic rings. The van der Waals surface area contributed by atoms with Crippen LogP contribution in [0.15, 0.2) is 24.8 Å². The molecule has 0 amide bonds. The van der Waals surface area contributed by atoms with E-state index in [9.17, 15) is 0 Å². The highest BCUT2D eigenvalue weighted by molar-refractivity contribution is 6.30. The number of hydrogen-bond donors (Lipinski definition) is 1. The van der Waals surface area contributed by atoms with Crippen molar-refractivity contribution in [3.63, 3.8) is 0 Å². The first kappa shape index (κ1) is 14.3. The lowest BCUT2D eigenvalue weighted by atomic mass is 9.91. The lowest BCUT2D eigenvalue weighted by molar-refractivity contribution is 0.0593. The molecule has 1 saturated heterocycles. The molecule has 3 heterocycles. The largest absolute Gasteiger partial charge is 0.381 e. The van der Waals surface area contributed by atoms with E-state index in [1.54, 1.807) is 12.4 Å². The van der Waals surface area contributed by atoms with E-state index in [1.807, 2.05) is 24.0 Å². The van der Waals surface area contributed by atoms with Gasteiger partial charge in [-0.05, 0) is 18.8 Å². The van der Waals surface area contributed by atoms with E-state index >= 15 is 0 Å². The average Bonchev–Trinajstić information content (AvgIpc) is 2.93. The molecule has 6 nitrogen and oxygen atoms in total. The van der Waals surface area contributed by atoms with Crippen LogP contribution in [0, 0.1) is 5.92 Å². The molecular formula is C14H18ClN5O. The van der Waals surface area contributed by atoms with Gasteiger partial charge in [0, 0.05) is 32.7 Å². The fourth-order valence-electron chi connectivity index (χ4n) is 2.65. The van der Waals surface area contributed by atoms with Gasteiger partial charge in [0.15, 0.2) is 0 Å². The Morgan fingerprint density at radius 2 is 2.00 bits per heavy atom. The molecule has 1 N–H and O–H groups in total. The summed E-state index contributed by atoms with van der Waals surface area (Å²) in [7, 11) is 2.00. The van der Waals surface area contributed by atoms with Gasteiger partial charge in [-0.3, -0.25) is 0 Å². The van der Waals surface area contributed by atoms with Gasteiger partial charge in [-0.2, -0.15) is 0 Å². The summed E-state index contributed by atoms with van der Waals surface area (Å²) in [6, 6.07) is 0.0649. The van der Waals surface area contributed by atoms with Crippen LogP contribution in [0.3, 0.4) is 0 Å². The van der Waals surface area contributed by atoms with Crippen molar-refractivity contribution in [3.05, 3.63) is 35.6 Å². The van der Waals surface area contributed by atoms with Crippen LogP contribution in [-0.2, 0) is 11.8 Å². The molecule has 7 heteroatoms. The second kappa shape index (κ2) is 6.41. The molecule has 0 aliphatic carbocycles. The highest BCUT2D eigenvalue weighted by Gasteiger charge is 2.28. The average molecular weight is 308 g/mol. The quantitative estimate of drug-likeness (QED) is 0.940. The van der Waals surface area contributed by atoms with Crippen LogP contribution in [-0.4, -0.2) is 32.7 Å². The first-order valence-corrected chi connectivity index (χ1v) is 7.41. The van der Waals surface area contributed by atoms with Crippen LogP contribution in [0.1, 0.15) is 24.7 Å². The molecule has 0 bridgehead atoms. The molecule has 1 fully saturated rings. The summed E-state index contributed by atoms with van der Waals surface area (Å²) < 4.78 is 7.49. The van der Waals surface area contributed by atoms with Crippen molar-refractivity contribution < 1.29 is 4.74 Å². The highest BCUT2D eigenvalue weighted by Crippen LogP contribution is 2.31. The fourth-order valence-corrected chi connectivity index (χ4v) is 2.74. The minimum absolute atomic E-state index is 0.0649. The van der Waals surface area contributed by atoms with Crippen molar-refractivity contribution in [1.29, 1.82) is 0 Å². The Bertz CT molecular complexity index is 579. The van der Waals surface area contributed by atoms with Crippen molar-refractivity contribution >= 4 is 17.5 Å². The molecular weight excluding hydrogens is 290 g/mol. The van der Waals surface area contributed by atoms with Crippen molar-refractivity contribution in [2.24, 2.45) is 13.0 Å². The maximum Gasteiger partial charge on any atom is 0.223 e.